The molecule has 0 aliphatic heterocycles. The van der Waals surface area contributed by atoms with Crippen molar-refractivity contribution in [3.05, 3.63) is 54.6 Å². The standard InChI is InChI=1S/C17H16N4O2/c22-15(18-13-5-2-1-3-6-13)11-21-10-4-7-14(21)17-20-19-16(23-17)12-8-9-12/h1-7,10,12H,8-9,11H2,(H,18,22). The third-order valence-electron chi connectivity index (χ3n) is 3.79. The first-order valence-corrected chi connectivity index (χ1v) is 7.63. The van der Waals surface area contributed by atoms with Gasteiger partial charge in [-0.1, -0.05) is 18.2 Å². The summed E-state index contributed by atoms with van der Waals surface area (Å²) in [5.41, 5.74) is 1.53. The molecule has 1 aliphatic rings. The van der Waals surface area contributed by atoms with Crippen molar-refractivity contribution in [2.24, 2.45) is 0 Å². The molecule has 2 aromatic heterocycles. The second-order valence-electron chi connectivity index (χ2n) is 5.66. The first kappa shape index (κ1) is 13.8. The van der Waals surface area contributed by atoms with Gasteiger partial charge in [0.1, 0.15) is 12.2 Å². The highest BCUT2D eigenvalue weighted by atomic mass is 16.4. The van der Waals surface area contributed by atoms with Crippen molar-refractivity contribution in [2.45, 2.75) is 25.3 Å². The number of hydrogen-bond acceptors (Lipinski definition) is 4. The summed E-state index contributed by atoms with van der Waals surface area (Å²) >= 11 is 0. The van der Waals surface area contributed by atoms with E-state index in [9.17, 15) is 4.79 Å². The van der Waals surface area contributed by atoms with Gasteiger partial charge in [0.05, 0.1) is 0 Å². The van der Waals surface area contributed by atoms with Crippen LogP contribution < -0.4 is 5.32 Å². The minimum absolute atomic E-state index is 0.101. The number of amides is 1. The summed E-state index contributed by atoms with van der Waals surface area (Å²) in [4.78, 5) is 12.2. The highest BCUT2D eigenvalue weighted by Crippen LogP contribution is 2.39. The summed E-state index contributed by atoms with van der Waals surface area (Å²) in [6.07, 6.45) is 4.06. The fraction of sp³-hybridized carbons (Fsp3) is 0.235. The monoisotopic (exact) mass is 308 g/mol. The first-order valence-electron chi connectivity index (χ1n) is 7.63. The lowest BCUT2D eigenvalue weighted by Crippen LogP contribution is -2.18. The van der Waals surface area contributed by atoms with Crippen molar-refractivity contribution in [2.75, 3.05) is 5.32 Å². The highest BCUT2D eigenvalue weighted by Gasteiger charge is 2.29. The second kappa shape index (κ2) is 5.72. The molecule has 6 nitrogen and oxygen atoms in total. The van der Waals surface area contributed by atoms with E-state index in [1.54, 1.807) is 0 Å². The molecule has 0 bridgehead atoms. The summed E-state index contributed by atoms with van der Waals surface area (Å²) in [6, 6.07) is 13.1. The molecular weight excluding hydrogens is 292 g/mol. The van der Waals surface area contributed by atoms with Crippen LogP contribution in [0.2, 0.25) is 0 Å². The molecule has 0 atom stereocenters. The zero-order chi connectivity index (χ0) is 15.6. The van der Waals surface area contributed by atoms with Gasteiger partial charge in [0.2, 0.25) is 11.8 Å². The number of rotatable bonds is 5. The van der Waals surface area contributed by atoms with E-state index in [1.807, 2.05) is 53.2 Å². The number of aromatic nitrogens is 3. The molecule has 1 saturated carbocycles. The number of para-hydroxylation sites is 1. The number of hydrogen-bond donors (Lipinski definition) is 1. The average molecular weight is 308 g/mol. The number of anilines is 1. The zero-order valence-electron chi connectivity index (χ0n) is 12.5. The van der Waals surface area contributed by atoms with Crippen molar-refractivity contribution in [1.82, 2.24) is 14.8 Å². The maximum absolute atomic E-state index is 12.2. The minimum atomic E-state index is -0.101. The lowest BCUT2D eigenvalue weighted by molar-refractivity contribution is -0.116. The lowest BCUT2D eigenvalue weighted by Gasteiger charge is -2.08. The van der Waals surface area contributed by atoms with Gasteiger partial charge in [0.15, 0.2) is 0 Å². The van der Waals surface area contributed by atoms with E-state index in [2.05, 4.69) is 15.5 Å². The van der Waals surface area contributed by atoms with Crippen molar-refractivity contribution in [3.63, 3.8) is 0 Å². The van der Waals surface area contributed by atoms with Gasteiger partial charge in [0, 0.05) is 17.8 Å². The van der Waals surface area contributed by atoms with E-state index >= 15 is 0 Å². The molecule has 1 aliphatic carbocycles. The van der Waals surface area contributed by atoms with Gasteiger partial charge in [-0.25, -0.2) is 0 Å². The van der Waals surface area contributed by atoms with Gasteiger partial charge in [-0.2, -0.15) is 0 Å². The number of carbonyl (C=O) groups is 1. The fourth-order valence-corrected chi connectivity index (χ4v) is 2.46. The fourth-order valence-electron chi connectivity index (χ4n) is 2.46. The number of benzene rings is 1. The van der Waals surface area contributed by atoms with Crippen molar-refractivity contribution in [1.29, 1.82) is 0 Å². The highest BCUT2D eigenvalue weighted by molar-refractivity contribution is 5.90. The second-order valence-corrected chi connectivity index (χ2v) is 5.66. The number of carbonyl (C=O) groups excluding carboxylic acids is 1. The van der Waals surface area contributed by atoms with Gasteiger partial charge in [-0.05, 0) is 37.1 Å². The predicted molar refractivity (Wildman–Crippen MR) is 84.8 cm³/mol. The maximum atomic E-state index is 12.2. The van der Waals surface area contributed by atoms with Gasteiger partial charge in [-0.15, -0.1) is 10.2 Å². The van der Waals surface area contributed by atoms with Crippen LogP contribution in [0.25, 0.3) is 11.6 Å². The molecule has 1 fully saturated rings. The third kappa shape index (κ3) is 3.01. The number of nitrogens with zero attached hydrogens (tertiary/aromatic N) is 3. The van der Waals surface area contributed by atoms with Gasteiger partial charge in [0.25, 0.3) is 5.89 Å². The van der Waals surface area contributed by atoms with E-state index < -0.39 is 0 Å². The average Bonchev–Trinajstić information content (AvgIpc) is 3.11. The smallest absolute Gasteiger partial charge is 0.264 e. The van der Waals surface area contributed by atoms with Crippen molar-refractivity contribution >= 4 is 11.6 Å². The molecule has 1 amide bonds. The van der Waals surface area contributed by atoms with Crippen molar-refractivity contribution < 1.29 is 9.21 Å². The Labute approximate surface area is 133 Å². The lowest BCUT2D eigenvalue weighted by atomic mass is 10.3. The van der Waals surface area contributed by atoms with Crippen LogP contribution in [0.5, 0.6) is 0 Å². The van der Waals surface area contributed by atoms with Crippen LogP contribution in [-0.4, -0.2) is 20.7 Å². The molecule has 4 rings (SSSR count). The first-order chi connectivity index (χ1) is 11.3. The summed E-state index contributed by atoms with van der Waals surface area (Å²) < 4.78 is 7.53. The quantitative estimate of drug-likeness (QED) is 0.786. The Hall–Kier alpha value is -2.89. The Morgan fingerprint density at radius 1 is 1.17 bits per heavy atom. The summed E-state index contributed by atoms with van der Waals surface area (Å²) in [5.74, 6) is 1.47. The molecular formula is C17H16N4O2. The van der Waals surface area contributed by atoms with E-state index in [0.29, 0.717) is 17.7 Å². The van der Waals surface area contributed by atoms with Crippen LogP contribution >= 0.6 is 0 Å². The van der Waals surface area contributed by atoms with Crippen LogP contribution in [-0.2, 0) is 11.3 Å². The van der Waals surface area contributed by atoms with Crippen LogP contribution in [0.1, 0.15) is 24.7 Å². The Morgan fingerprint density at radius 3 is 2.78 bits per heavy atom. The molecule has 0 saturated heterocycles. The SMILES string of the molecule is O=C(Cn1cccc1-c1nnc(C2CC2)o1)Nc1ccccc1. The molecule has 23 heavy (non-hydrogen) atoms. The topological polar surface area (TPSA) is 73.0 Å². The Bertz CT molecular complexity index is 818. The van der Waals surface area contributed by atoms with E-state index in [0.717, 1.165) is 24.2 Å². The molecule has 6 heteroatoms. The van der Waals surface area contributed by atoms with E-state index in [1.165, 1.54) is 0 Å². The summed E-state index contributed by atoms with van der Waals surface area (Å²) in [6.45, 7) is 0.193. The minimum Gasteiger partial charge on any atom is -0.419 e. The molecule has 1 aromatic carbocycles. The van der Waals surface area contributed by atoms with Gasteiger partial charge >= 0.3 is 0 Å². The predicted octanol–water partition coefficient (Wildman–Crippen LogP) is 3.05. The molecule has 116 valence electrons. The zero-order valence-corrected chi connectivity index (χ0v) is 12.5. The van der Waals surface area contributed by atoms with Crippen LogP contribution in [0.4, 0.5) is 5.69 Å². The molecule has 3 aromatic rings. The summed E-state index contributed by atoms with van der Waals surface area (Å²) in [7, 11) is 0. The third-order valence-corrected chi connectivity index (χ3v) is 3.79. The van der Waals surface area contributed by atoms with Crippen LogP contribution in [0.15, 0.2) is 53.1 Å². The molecule has 0 unspecified atom stereocenters. The van der Waals surface area contributed by atoms with Gasteiger partial charge < -0.3 is 14.3 Å². The Morgan fingerprint density at radius 2 is 2.00 bits per heavy atom. The van der Waals surface area contributed by atoms with Crippen LogP contribution in [0, 0.1) is 0 Å². The molecule has 1 N–H and O–H groups in total. The molecule has 0 radical (unpaired) electrons. The van der Waals surface area contributed by atoms with Gasteiger partial charge in [-0.3, -0.25) is 4.79 Å². The Kier molecular flexibility index (Phi) is 3.42. The molecule has 0 spiro atoms. The maximum Gasteiger partial charge on any atom is 0.264 e. The summed E-state index contributed by atoms with van der Waals surface area (Å²) in [5, 5.41) is 11.1. The van der Waals surface area contributed by atoms with E-state index in [-0.39, 0.29) is 12.5 Å². The normalized spacial score (nSPS) is 13.9. The van der Waals surface area contributed by atoms with E-state index in [4.69, 9.17) is 4.42 Å². The molecule has 2 heterocycles. The van der Waals surface area contributed by atoms with Crippen molar-refractivity contribution in [3.8, 4) is 11.6 Å². The Balaban J connectivity index is 1.49. The number of nitrogens with one attached hydrogen (secondary N) is 1. The van der Waals surface area contributed by atoms with Crippen LogP contribution in [0.3, 0.4) is 0 Å². The largest absolute Gasteiger partial charge is 0.419 e.